The van der Waals surface area contributed by atoms with Gasteiger partial charge < -0.3 is 10.1 Å². The molecule has 2 N–H and O–H groups in total. The zero-order valence-electron chi connectivity index (χ0n) is 18.1. The molecule has 0 fully saturated rings. The Morgan fingerprint density at radius 1 is 1.06 bits per heavy atom. The Bertz CT molecular complexity index is 1210. The molecule has 168 valence electrons. The maximum Gasteiger partial charge on any atom is 0.261 e. The van der Waals surface area contributed by atoms with E-state index in [1.54, 1.807) is 62.4 Å². The van der Waals surface area contributed by atoms with Crippen LogP contribution in [0.2, 0.25) is 0 Å². The number of rotatable bonds is 8. The van der Waals surface area contributed by atoms with E-state index in [1.807, 2.05) is 0 Å². The van der Waals surface area contributed by atoms with Crippen molar-refractivity contribution in [3.8, 4) is 5.75 Å². The summed E-state index contributed by atoms with van der Waals surface area (Å²) in [7, 11) is -2.39. The maximum atomic E-state index is 13.9. The van der Waals surface area contributed by atoms with Crippen molar-refractivity contribution in [2.75, 3.05) is 11.8 Å². The highest BCUT2D eigenvalue weighted by Crippen LogP contribution is 2.21. The highest BCUT2D eigenvalue weighted by atomic mass is 32.2. The number of halogens is 1. The van der Waals surface area contributed by atoms with E-state index in [2.05, 4.69) is 10.0 Å². The van der Waals surface area contributed by atoms with E-state index in [0.717, 1.165) is 0 Å². The number of carbonyl (C=O) groups excluding carboxylic acids is 1. The third kappa shape index (κ3) is 5.64. The topological polar surface area (TPSA) is 84.5 Å². The number of methoxy groups -OCH3 is 1. The molecule has 3 aromatic carbocycles. The van der Waals surface area contributed by atoms with Crippen LogP contribution in [-0.4, -0.2) is 27.5 Å². The number of hydrogen-bond acceptors (Lipinski definition) is 4. The van der Waals surface area contributed by atoms with Crippen LogP contribution in [0.4, 0.5) is 10.1 Å². The standard InChI is InChI=1S/C24H25FN2O4S/c1-16-8-13-21(32(29,30)27-19-9-11-20(31-3)12-10-19)15-22(16)24(28)26-17(2)14-18-6-4-5-7-23(18)25/h4-13,15,17,27H,14H2,1-3H3,(H,26,28). The van der Waals surface area contributed by atoms with Crippen LogP contribution >= 0.6 is 0 Å². The molecular weight excluding hydrogens is 431 g/mol. The summed E-state index contributed by atoms with van der Waals surface area (Å²) in [6.45, 7) is 3.50. The zero-order chi connectivity index (χ0) is 23.3. The number of anilines is 1. The molecule has 0 aromatic heterocycles. The van der Waals surface area contributed by atoms with E-state index in [-0.39, 0.29) is 22.3 Å². The molecule has 0 aliphatic heterocycles. The average Bonchev–Trinajstić information content (AvgIpc) is 2.75. The molecule has 0 bridgehead atoms. The summed E-state index contributed by atoms with van der Waals surface area (Å²) in [6.07, 6.45) is 0.314. The molecule has 0 saturated heterocycles. The van der Waals surface area contributed by atoms with Crippen molar-refractivity contribution in [2.45, 2.75) is 31.2 Å². The number of carbonyl (C=O) groups is 1. The first-order chi connectivity index (χ1) is 15.2. The Hall–Kier alpha value is -3.39. The van der Waals surface area contributed by atoms with Crippen LogP contribution in [-0.2, 0) is 16.4 Å². The van der Waals surface area contributed by atoms with Crippen LogP contribution in [0.15, 0.2) is 71.6 Å². The smallest absolute Gasteiger partial charge is 0.261 e. The molecule has 0 aliphatic rings. The Kier molecular flexibility index (Phi) is 7.15. The lowest BCUT2D eigenvalue weighted by Gasteiger charge is -2.16. The Balaban J connectivity index is 1.76. The third-order valence-corrected chi connectivity index (χ3v) is 6.35. The van der Waals surface area contributed by atoms with Gasteiger partial charge in [0.1, 0.15) is 11.6 Å². The maximum absolute atomic E-state index is 13.9. The molecule has 0 heterocycles. The minimum atomic E-state index is -3.91. The summed E-state index contributed by atoms with van der Waals surface area (Å²) in [5.74, 6) is -0.151. The van der Waals surface area contributed by atoms with Gasteiger partial charge in [0.2, 0.25) is 0 Å². The van der Waals surface area contributed by atoms with Crippen molar-refractivity contribution >= 4 is 21.6 Å². The van der Waals surface area contributed by atoms with Crippen molar-refractivity contribution in [3.63, 3.8) is 0 Å². The molecule has 6 nitrogen and oxygen atoms in total. The molecule has 3 rings (SSSR count). The Morgan fingerprint density at radius 2 is 1.75 bits per heavy atom. The summed E-state index contributed by atoms with van der Waals surface area (Å²) >= 11 is 0. The normalized spacial score (nSPS) is 12.1. The number of nitrogens with one attached hydrogen (secondary N) is 2. The molecule has 0 saturated carbocycles. The number of amides is 1. The van der Waals surface area contributed by atoms with E-state index < -0.39 is 15.9 Å². The van der Waals surface area contributed by atoms with E-state index >= 15 is 0 Å². The number of aryl methyl sites for hydroxylation is 1. The van der Waals surface area contributed by atoms with Gasteiger partial charge in [-0.2, -0.15) is 0 Å². The number of ether oxygens (including phenoxy) is 1. The summed E-state index contributed by atoms with van der Waals surface area (Å²) < 4.78 is 47.1. The highest BCUT2D eigenvalue weighted by Gasteiger charge is 2.20. The van der Waals surface area contributed by atoms with Crippen LogP contribution in [0.1, 0.15) is 28.4 Å². The fraction of sp³-hybridized carbons (Fsp3) is 0.208. The van der Waals surface area contributed by atoms with Gasteiger partial charge in [0, 0.05) is 17.3 Å². The van der Waals surface area contributed by atoms with Crippen molar-refractivity contribution in [1.82, 2.24) is 5.32 Å². The fourth-order valence-corrected chi connectivity index (χ4v) is 4.32. The first-order valence-electron chi connectivity index (χ1n) is 10.0. The quantitative estimate of drug-likeness (QED) is 0.529. The lowest BCUT2D eigenvalue weighted by Crippen LogP contribution is -2.34. The van der Waals surface area contributed by atoms with E-state index in [0.29, 0.717) is 29.0 Å². The Morgan fingerprint density at radius 3 is 2.41 bits per heavy atom. The van der Waals surface area contributed by atoms with Gasteiger partial charge in [0.05, 0.1) is 12.0 Å². The van der Waals surface area contributed by atoms with Crippen molar-refractivity contribution in [1.29, 1.82) is 0 Å². The monoisotopic (exact) mass is 456 g/mol. The number of hydrogen-bond donors (Lipinski definition) is 2. The second-order valence-corrected chi connectivity index (χ2v) is 9.16. The third-order valence-electron chi connectivity index (χ3n) is 4.97. The molecule has 0 spiro atoms. The van der Waals surface area contributed by atoms with Crippen molar-refractivity contribution in [3.05, 3.63) is 89.2 Å². The van der Waals surface area contributed by atoms with Crippen LogP contribution in [0.3, 0.4) is 0 Å². The fourth-order valence-electron chi connectivity index (χ4n) is 3.23. The van der Waals surface area contributed by atoms with E-state index in [1.165, 1.54) is 25.3 Å². The molecular formula is C24H25FN2O4S. The van der Waals surface area contributed by atoms with Gasteiger partial charge in [-0.25, -0.2) is 12.8 Å². The molecule has 3 aromatic rings. The first-order valence-corrected chi connectivity index (χ1v) is 11.5. The van der Waals surface area contributed by atoms with Gasteiger partial charge >= 0.3 is 0 Å². The summed E-state index contributed by atoms with van der Waals surface area (Å²) in [5.41, 5.74) is 1.74. The lowest BCUT2D eigenvalue weighted by molar-refractivity contribution is 0.0939. The molecule has 0 aliphatic carbocycles. The van der Waals surface area contributed by atoms with Gasteiger partial charge in [0.25, 0.3) is 15.9 Å². The van der Waals surface area contributed by atoms with E-state index in [4.69, 9.17) is 4.74 Å². The Labute approximate surface area is 187 Å². The highest BCUT2D eigenvalue weighted by molar-refractivity contribution is 7.92. The number of benzene rings is 3. The average molecular weight is 457 g/mol. The lowest BCUT2D eigenvalue weighted by atomic mass is 10.0. The van der Waals surface area contributed by atoms with Gasteiger partial charge in [0.15, 0.2) is 0 Å². The second-order valence-electron chi connectivity index (χ2n) is 7.48. The van der Waals surface area contributed by atoms with Gasteiger partial charge in [-0.1, -0.05) is 24.3 Å². The van der Waals surface area contributed by atoms with Gasteiger partial charge in [-0.05, 0) is 73.9 Å². The van der Waals surface area contributed by atoms with Gasteiger partial charge in [-0.3, -0.25) is 9.52 Å². The molecule has 32 heavy (non-hydrogen) atoms. The van der Waals surface area contributed by atoms with Crippen molar-refractivity contribution < 1.29 is 22.3 Å². The largest absolute Gasteiger partial charge is 0.497 e. The van der Waals surface area contributed by atoms with Crippen molar-refractivity contribution in [2.24, 2.45) is 0 Å². The number of sulfonamides is 1. The molecule has 8 heteroatoms. The summed E-state index contributed by atoms with van der Waals surface area (Å²) in [5, 5.41) is 2.82. The SMILES string of the molecule is COc1ccc(NS(=O)(=O)c2ccc(C)c(C(=O)NC(C)Cc3ccccc3F)c2)cc1. The first kappa shape index (κ1) is 23.3. The molecule has 0 radical (unpaired) electrons. The summed E-state index contributed by atoms with van der Waals surface area (Å²) in [4.78, 5) is 12.8. The van der Waals surface area contributed by atoms with Crippen LogP contribution in [0, 0.1) is 12.7 Å². The summed E-state index contributed by atoms with van der Waals surface area (Å²) in [6, 6.07) is 16.9. The van der Waals surface area contributed by atoms with Gasteiger partial charge in [-0.15, -0.1) is 0 Å². The van der Waals surface area contributed by atoms with Crippen LogP contribution in [0.5, 0.6) is 5.75 Å². The minimum Gasteiger partial charge on any atom is -0.497 e. The van der Waals surface area contributed by atoms with Crippen LogP contribution < -0.4 is 14.8 Å². The predicted octanol–water partition coefficient (Wildman–Crippen LogP) is 4.30. The van der Waals surface area contributed by atoms with Crippen LogP contribution in [0.25, 0.3) is 0 Å². The second kappa shape index (κ2) is 9.82. The molecule has 1 unspecified atom stereocenters. The zero-order valence-corrected chi connectivity index (χ0v) is 18.9. The van der Waals surface area contributed by atoms with E-state index in [9.17, 15) is 17.6 Å². The molecule has 1 atom stereocenters. The molecule has 1 amide bonds. The predicted molar refractivity (Wildman–Crippen MR) is 122 cm³/mol. The minimum absolute atomic E-state index is 0.0363.